The van der Waals surface area contributed by atoms with Crippen molar-refractivity contribution in [1.82, 2.24) is 4.90 Å². The molecule has 1 saturated heterocycles. The second-order valence-corrected chi connectivity index (χ2v) is 5.07. The van der Waals surface area contributed by atoms with Crippen molar-refractivity contribution in [2.75, 3.05) is 6.54 Å². The van der Waals surface area contributed by atoms with E-state index in [4.69, 9.17) is 0 Å². The molecule has 5 heteroatoms. The highest BCUT2D eigenvalue weighted by Gasteiger charge is 2.34. The van der Waals surface area contributed by atoms with E-state index in [0.29, 0.717) is 6.54 Å². The zero-order valence-electron chi connectivity index (χ0n) is 10.8. The molecule has 0 aliphatic carbocycles. The van der Waals surface area contributed by atoms with E-state index >= 15 is 0 Å². The summed E-state index contributed by atoms with van der Waals surface area (Å²) in [5.41, 5.74) is -0.0529. The molecule has 2 atom stereocenters. The maximum Gasteiger partial charge on any atom is 0.321 e. The Morgan fingerprint density at radius 3 is 2.63 bits per heavy atom. The second kappa shape index (κ2) is 5.65. The number of hydrogen-bond donors (Lipinski definition) is 1. The predicted molar refractivity (Wildman–Crippen MR) is 66.6 cm³/mol. The van der Waals surface area contributed by atoms with Crippen LogP contribution < -0.4 is 0 Å². The molecule has 0 radical (unpaired) electrons. The Labute approximate surface area is 110 Å². The fraction of sp³-hybridized carbons (Fsp3) is 0.500. The Morgan fingerprint density at radius 1 is 1.42 bits per heavy atom. The van der Waals surface area contributed by atoms with Crippen LogP contribution in [0.5, 0.6) is 0 Å². The van der Waals surface area contributed by atoms with Crippen LogP contribution in [0.2, 0.25) is 0 Å². The van der Waals surface area contributed by atoms with Gasteiger partial charge in [0.1, 0.15) is 17.7 Å². The number of benzene rings is 1. The lowest BCUT2D eigenvalue weighted by Gasteiger charge is -2.37. The average molecular weight is 269 g/mol. The number of aliphatic carboxylic acids is 1. The summed E-state index contributed by atoms with van der Waals surface area (Å²) in [7, 11) is 0. The van der Waals surface area contributed by atoms with Crippen LogP contribution in [0.4, 0.5) is 8.78 Å². The average Bonchev–Trinajstić information content (AvgIpc) is 2.33. The summed E-state index contributed by atoms with van der Waals surface area (Å²) in [6.45, 7) is 2.41. The lowest BCUT2D eigenvalue weighted by atomic mass is 9.90. The largest absolute Gasteiger partial charge is 0.480 e. The fourth-order valence-corrected chi connectivity index (χ4v) is 2.74. The van der Waals surface area contributed by atoms with E-state index in [-0.39, 0.29) is 18.0 Å². The van der Waals surface area contributed by atoms with Crippen LogP contribution >= 0.6 is 0 Å². The van der Waals surface area contributed by atoms with Crippen LogP contribution in [-0.2, 0) is 11.3 Å². The molecule has 1 aromatic carbocycles. The lowest BCUT2D eigenvalue weighted by molar-refractivity contribution is -0.147. The van der Waals surface area contributed by atoms with E-state index in [1.54, 1.807) is 4.90 Å². The number of likely N-dealkylation sites (tertiary alicyclic amines) is 1. The van der Waals surface area contributed by atoms with E-state index in [2.05, 4.69) is 0 Å². The molecule has 2 rings (SSSR count). The number of hydrogen-bond acceptors (Lipinski definition) is 2. The van der Waals surface area contributed by atoms with Gasteiger partial charge in [-0.2, -0.15) is 0 Å². The molecule has 1 fully saturated rings. The van der Waals surface area contributed by atoms with Gasteiger partial charge in [-0.1, -0.05) is 13.0 Å². The molecule has 104 valence electrons. The van der Waals surface area contributed by atoms with Gasteiger partial charge < -0.3 is 5.11 Å². The minimum absolute atomic E-state index is 0.000185. The van der Waals surface area contributed by atoms with Crippen LogP contribution in [0, 0.1) is 17.6 Å². The second-order valence-electron chi connectivity index (χ2n) is 5.07. The number of carboxylic acid groups (broad SMARTS) is 1. The van der Waals surface area contributed by atoms with Crippen LogP contribution in [0.25, 0.3) is 0 Å². The molecule has 1 aliphatic heterocycles. The van der Waals surface area contributed by atoms with Crippen molar-refractivity contribution < 1.29 is 18.7 Å². The Hall–Kier alpha value is -1.49. The molecule has 0 amide bonds. The minimum atomic E-state index is -0.927. The summed E-state index contributed by atoms with van der Waals surface area (Å²) in [5.74, 6) is -2.19. The predicted octanol–water partition coefficient (Wildman–Crippen LogP) is 2.65. The zero-order chi connectivity index (χ0) is 14.0. The molecule has 1 aromatic rings. The summed E-state index contributed by atoms with van der Waals surface area (Å²) in [6.07, 6.45) is 1.67. The lowest BCUT2D eigenvalue weighted by Crippen LogP contribution is -2.48. The van der Waals surface area contributed by atoms with Gasteiger partial charge >= 0.3 is 5.97 Å². The SMILES string of the molecule is CC1CCCN(Cc2c(F)cccc2F)C1C(=O)O. The summed E-state index contributed by atoms with van der Waals surface area (Å²) < 4.78 is 27.2. The van der Waals surface area contributed by atoms with Gasteiger partial charge in [0.25, 0.3) is 0 Å². The third kappa shape index (κ3) is 2.92. The molecule has 1 aliphatic rings. The van der Waals surface area contributed by atoms with Crippen LogP contribution in [0.1, 0.15) is 25.3 Å². The van der Waals surface area contributed by atoms with Crippen molar-refractivity contribution in [1.29, 1.82) is 0 Å². The number of rotatable bonds is 3. The smallest absolute Gasteiger partial charge is 0.321 e. The van der Waals surface area contributed by atoms with Crippen molar-refractivity contribution in [2.24, 2.45) is 5.92 Å². The van der Waals surface area contributed by atoms with Gasteiger partial charge in [-0.3, -0.25) is 9.69 Å². The molecule has 1 N–H and O–H groups in total. The number of halogens is 2. The number of piperidine rings is 1. The third-order valence-corrected chi connectivity index (χ3v) is 3.71. The van der Waals surface area contributed by atoms with Crippen molar-refractivity contribution in [3.05, 3.63) is 35.4 Å². The highest BCUT2D eigenvalue weighted by atomic mass is 19.1. The number of carboxylic acids is 1. The Balaban J connectivity index is 2.23. The van der Waals surface area contributed by atoms with Crippen LogP contribution in [0.15, 0.2) is 18.2 Å². The van der Waals surface area contributed by atoms with Crippen molar-refractivity contribution in [2.45, 2.75) is 32.4 Å². The third-order valence-electron chi connectivity index (χ3n) is 3.71. The molecule has 0 bridgehead atoms. The summed E-state index contributed by atoms with van der Waals surface area (Å²) in [5, 5.41) is 9.27. The molecule has 1 heterocycles. The Bertz CT molecular complexity index is 458. The maximum atomic E-state index is 13.6. The first-order valence-corrected chi connectivity index (χ1v) is 6.40. The molecule has 19 heavy (non-hydrogen) atoms. The van der Waals surface area contributed by atoms with Crippen LogP contribution in [0.3, 0.4) is 0 Å². The van der Waals surface area contributed by atoms with Gasteiger partial charge in [-0.25, -0.2) is 8.78 Å². The van der Waals surface area contributed by atoms with Crippen molar-refractivity contribution in [3.8, 4) is 0 Å². The van der Waals surface area contributed by atoms with E-state index in [1.807, 2.05) is 6.92 Å². The standard InChI is InChI=1S/C14H17F2NO2/c1-9-4-3-7-17(13(9)14(18)19)8-10-11(15)5-2-6-12(10)16/h2,5-6,9,13H,3-4,7-8H2,1H3,(H,18,19). The first-order valence-electron chi connectivity index (χ1n) is 6.40. The minimum Gasteiger partial charge on any atom is -0.480 e. The van der Waals surface area contributed by atoms with Crippen molar-refractivity contribution >= 4 is 5.97 Å². The van der Waals surface area contributed by atoms with Gasteiger partial charge in [0, 0.05) is 12.1 Å². The number of carbonyl (C=O) groups is 1. The molecule has 0 saturated carbocycles. The normalized spacial score (nSPS) is 24.4. The fourth-order valence-electron chi connectivity index (χ4n) is 2.74. The zero-order valence-corrected chi connectivity index (χ0v) is 10.8. The van der Waals surface area contributed by atoms with E-state index in [9.17, 15) is 18.7 Å². The molecule has 2 unspecified atom stereocenters. The Kier molecular flexibility index (Phi) is 4.14. The molecule has 0 aromatic heterocycles. The number of nitrogens with zero attached hydrogens (tertiary/aromatic N) is 1. The Morgan fingerprint density at radius 2 is 2.05 bits per heavy atom. The highest BCUT2D eigenvalue weighted by Crippen LogP contribution is 2.26. The van der Waals surface area contributed by atoms with E-state index in [1.165, 1.54) is 18.2 Å². The first-order chi connectivity index (χ1) is 9.00. The van der Waals surface area contributed by atoms with E-state index in [0.717, 1.165) is 12.8 Å². The first kappa shape index (κ1) is 13.9. The summed E-state index contributed by atoms with van der Waals surface area (Å²) in [4.78, 5) is 13.0. The molecule has 3 nitrogen and oxygen atoms in total. The van der Waals surface area contributed by atoms with Crippen LogP contribution in [-0.4, -0.2) is 28.6 Å². The van der Waals surface area contributed by atoms with Gasteiger partial charge in [0.2, 0.25) is 0 Å². The molecular weight excluding hydrogens is 252 g/mol. The quantitative estimate of drug-likeness (QED) is 0.917. The summed E-state index contributed by atoms with van der Waals surface area (Å²) in [6, 6.07) is 3.03. The summed E-state index contributed by atoms with van der Waals surface area (Å²) >= 11 is 0. The molecular formula is C14H17F2NO2. The monoisotopic (exact) mass is 269 g/mol. The van der Waals surface area contributed by atoms with Gasteiger partial charge in [-0.05, 0) is 37.4 Å². The maximum absolute atomic E-state index is 13.6. The highest BCUT2D eigenvalue weighted by molar-refractivity contribution is 5.74. The van der Waals surface area contributed by atoms with E-state index < -0.39 is 23.6 Å². The topological polar surface area (TPSA) is 40.5 Å². The van der Waals surface area contributed by atoms with Gasteiger partial charge in [0.15, 0.2) is 0 Å². The van der Waals surface area contributed by atoms with Crippen molar-refractivity contribution in [3.63, 3.8) is 0 Å². The van der Waals surface area contributed by atoms with Gasteiger partial charge in [0.05, 0.1) is 0 Å². The molecule has 0 spiro atoms. The van der Waals surface area contributed by atoms with Gasteiger partial charge in [-0.15, -0.1) is 0 Å².